The predicted octanol–water partition coefficient (Wildman–Crippen LogP) is 5.54. The molecule has 0 unspecified atom stereocenters. The molecule has 2 heterocycles. The highest BCUT2D eigenvalue weighted by Crippen LogP contribution is 2.29. The van der Waals surface area contributed by atoms with E-state index in [1.165, 1.54) is 11.1 Å². The third-order valence-corrected chi connectivity index (χ3v) is 7.11. The fourth-order valence-electron chi connectivity index (χ4n) is 5.26. The fraction of sp³-hybridized carbons (Fsp3) is 0.379. The molecule has 182 valence electrons. The lowest BCUT2D eigenvalue weighted by Gasteiger charge is -2.30. The molecule has 2 N–H and O–H groups in total. The van der Waals surface area contributed by atoms with E-state index in [2.05, 4.69) is 53.9 Å². The summed E-state index contributed by atoms with van der Waals surface area (Å²) in [7, 11) is 4.14. The van der Waals surface area contributed by atoms with Gasteiger partial charge in [0.2, 0.25) is 0 Å². The Labute approximate surface area is 206 Å². The van der Waals surface area contributed by atoms with Crippen molar-refractivity contribution in [2.24, 2.45) is 0 Å². The van der Waals surface area contributed by atoms with E-state index in [0.29, 0.717) is 35.2 Å². The second kappa shape index (κ2) is 9.70. The van der Waals surface area contributed by atoms with Crippen LogP contribution in [0.2, 0.25) is 0 Å². The first-order valence-electron chi connectivity index (χ1n) is 12.5. The van der Waals surface area contributed by atoms with Crippen LogP contribution in [0.3, 0.4) is 0 Å². The molecule has 6 nitrogen and oxygen atoms in total. The van der Waals surface area contributed by atoms with Crippen molar-refractivity contribution < 1.29 is 4.42 Å². The Morgan fingerprint density at radius 1 is 1.00 bits per heavy atom. The summed E-state index contributed by atoms with van der Waals surface area (Å²) in [6, 6.07) is 15.2. The first-order valence-corrected chi connectivity index (χ1v) is 12.5. The summed E-state index contributed by atoms with van der Waals surface area (Å²) in [5.74, 6) is 0.933. The topological polar surface area (TPSA) is 70.4 Å². The summed E-state index contributed by atoms with van der Waals surface area (Å²) >= 11 is 0. The number of aryl methyl sites for hydroxylation is 2. The number of nitrogens with one attached hydrogen (secondary N) is 2. The molecule has 4 aromatic rings. The van der Waals surface area contributed by atoms with Gasteiger partial charge in [0, 0.05) is 55.4 Å². The van der Waals surface area contributed by atoms with Crippen LogP contribution < -0.4 is 21.0 Å². The summed E-state index contributed by atoms with van der Waals surface area (Å²) in [4.78, 5) is 20.0. The molecular formula is C29H34N4O2. The summed E-state index contributed by atoms with van der Waals surface area (Å²) < 4.78 is 5.83. The molecule has 1 aliphatic rings. The number of nitrogens with zero attached hydrogens (tertiary/aromatic N) is 2. The molecule has 2 aromatic heterocycles. The predicted molar refractivity (Wildman–Crippen MR) is 145 cm³/mol. The van der Waals surface area contributed by atoms with Gasteiger partial charge in [0.15, 0.2) is 5.43 Å². The molecule has 0 saturated heterocycles. The number of anilines is 2. The van der Waals surface area contributed by atoms with Crippen molar-refractivity contribution in [1.82, 2.24) is 10.3 Å². The molecule has 0 amide bonds. The molecule has 0 aliphatic heterocycles. The van der Waals surface area contributed by atoms with Gasteiger partial charge in [0.05, 0.1) is 17.2 Å². The molecule has 35 heavy (non-hydrogen) atoms. The molecule has 0 bridgehead atoms. The van der Waals surface area contributed by atoms with Crippen LogP contribution in [0.1, 0.15) is 42.4 Å². The zero-order chi connectivity index (χ0) is 24.5. The second-order valence-corrected chi connectivity index (χ2v) is 10.1. The quantitative estimate of drug-likeness (QED) is 0.386. The van der Waals surface area contributed by atoms with Gasteiger partial charge < -0.3 is 20.0 Å². The van der Waals surface area contributed by atoms with Crippen molar-refractivity contribution in [1.29, 1.82) is 0 Å². The minimum Gasteiger partial charge on any atom is -0.463 e. The third-order valence-electron chi connectivity index (χ3n) is 7.11. The van der Waals surface area contributed by atoms with Crippen LogP contribution >= 0.6 is 0 Å². The number of fused-ring (bicyclic) bond motifs is 2. The summed E-state index contributed by atoms with van der Waals surface area (Å²) in [6.07, 6.45) is 5.87. The van der Waals surface area contributed by atoms with Gasteiger partial charge in [-0.3, -0.25) is 4.79 Å². The Kier molecular flexibility index (Phi) is 6.48. The van der Waals surface area contributed by atoms with Gasteiger partial charge in [-0.1, -0.05) is 24.3 Å². The van der Waals surface area contributed by atoms with E-state index in [0.717, 1.165) is 48.1 Å². The average molecular weight is 471 g/mol. The van der Waals surface area contributed by atoms with Crippen molar-refractivity contribution in [2.45, 2.75) is 58.2 Å². The normalized spacial score (nSPS) is 18.2. The zero-order valence-corrected chi connectivity index (χ0v) is 21.0. The number of aromatic nitrogens is 1. The lowest BCUT2D eigenvalue weighted by molar-refractivity contribution is 0.351. The maximum absolute atomic E-state index is 13.0. The third kappa shape index (κ3) is 4.89. The van der Waals surface area contributed by atoms with Crippen molar-refractivity contribution in [3.8, 4) is 0 Å². The van der Waals surface area contributed by atoms with Crippen LogP contribution in [0.25, 0.3) is 21.9 Å². The van der Waals surface area contributed by atoms with Crippen LogP contribution in [-0.4, -0.2) is 31.2 Å². The number of para-hydroxylation sites is 1. The highest BCUT2D eigenvalue weighted by atomic mass is 16.3. The summed E-state index contributed by atoms with van der Waals surface area (Å²) in [6.45, 7) is 4.53. The van der Waals surface area contributed by atoms with E-state index in [1.54, 1.807) is 6.26 Å². The van der Waals surface area contributed by atoms with Crippen molar-refractivity contribution >= 4 is 33.4 Å². The minimum atomic E-state index is 0.0694. The first-order chi connectivity index (χ1) is 16.9. The maximum Gasteiger partial charge on any atom is 0.197 e. The van der Waals surface area contributed by atoms with Gasteiger partial charge in [-0.15, -0.1) is 0 Å². The number of pyridine rings is 1. The zero-order valence-electron chi connectivity index (χ0n) is 21.0. The first kappa shape index (κ1) is 23.4. The Morgan fingerprint density at radius 3 is 2.51 bits per heavy atom. The molecule has 6 heteroatoms. The standard InChI is InChI=1S/C29H34N4O2/c1-18-13-19(2)29-24(14-18)28(34)20(17-35-29)16-30-21-9-11-22(12-10-21)31-27-15-26(33(3)4)23-7-5-6-8-25(23)32-27/h5-8,13-15,17,21-22,30H,9-12,16H2,1-4H3,(H,31,32). The van der Waals surface area contributed by atoms with Crippen LogP contribution in [0.5, 0.6) is 0 Å². The Hall–Kier alpha value is -3.38. The molecule has 0 radical (unpaired) electrons. The summed E-state index contributed by atoms with van der Waals surface area (Å²) in [5, 5.41) is 9.11. The van der Waals surface area contributed by atoms with Gasteiger partial charge in [-0.25, -0.2) is 4.98 Å². The molecule has 1 fully saturated rings. The molecule has 0 spiro atoms. The Balaban J connectivity index is 1.21. The smallest absolute Gasteiger partial charge is 0.197 e. The molecule has 5 rings (SSSR count). The second-order valence-electron chi connectivity index (χ2n) is 10.1. The number of hydrogen-bond donors (Lipinski definition) is 2. The van der Waals surface area contributed by atoms with Gasteiger partial charge in [-0.05, 0) is 62.8 Å². The van der Waals surface area contributed by atoms with E-state index in [9.17, 15) is 4.79 Å². The van der Waals surface area contributed by atoms with E-state index in [-0.39, 0.29) is 5.43 Å². The van der Waals surface area contributed by atoms with E-state index in [4.69, 9.17) is 9.40 Å². The summed E-state index contributed by atoms with van der Waals surface area (Å²) in [5.41, 5.74) is 5.72. The lowest BCUT2D eigenvalue weighted by Crippen LogP contribution is -2.37. The van der Waals surface area contributed by atoms with Crippen LogP contribution in [0.4, 0.5) is 11.5 Å². The SMILES string of the molecule is Cc1cc(C)c2occ(CNC3CCC(Nc4cc(N(C)C)c5ccccc5n4)CC3)c(=O)c2c1. The van der Waals surface area contributed by atoms with E-state index >= 15 is 0 Å². The molecule has 0 atom stereocenters. The fourth-order valence-corrected chi connectivity index (χ4v) is 5.26. The average Bonchev–Trinajstić information content (AvgIpc) is 2.84. The number of rotatable bonds is 6. The highest BCUT2D eigenvalue weighted by molar-refractivity contribution is 5.93. The minimum absolute atomic E-state index is 0.0694. The monoisotopic (exact) mass is 470 g/mol. The lowest BCUT2D eigenvalue weighted by atomic mass is 9.91. The van der Waals surface area contributed by atoms with E-state index in [1.807, 2.05) is 32.0 Å². The van der Waals surface area contributed by atoms with Gasteiger partial charge in [0.25, 0.3) is 0 Å². The molecule has 1 aliphatic carbocycles. The maximum atomic E-state index is 13.0. The van der Waals surface area contributed by atoms with Gasteiger partial charge in [-0.2, -0.15) is 0 Å². The molecule has 2 aromatic carbocycles. The van der Waals surface area contributed by atoms with Crippen molar-refractivity contribution in [2.75, 3.05) is 24.3 Å². The molecule has 1 saturated carbocycles. The van der Waals surface area contributed by atoms with Crippen molar-refractivity contribution in [3.63, 3.8) is 0 Å². The van der Waals surface area contributed by atoms with Crippen LogP contribution in [0.15, 0.2) is 57.9 Å². The largest absolute Gasteiger partial charge is 0.463 e. The number of benzene rings is 2. The van der Waals surface area contributed by atoms with Gasteiger partial charge in [0.1, 0.15) is 11.4 Å². The molecular weight excluding hydrogens is 436 g/mol. The van der Waals surface area contributed by atoms with Gasteiger partial charge >= 0.3 is 0 Å². The van der Waals surface area contributed by atoms with Crippen molar-refractivity contribution in [3.05, 3.63) is 75.6 Å². The van der Waals surface area contributed by atoms with Crippen LogP contribution in [-0.2, 0) is 6.54 Å². The van der Waals surface area contributed by atoms with E-state index < -0.39 is 0 Å². The number of hydrogen-bond acceptors (Lipinski definition) is 6. The highest BCUT2D eigenvalue weighted by Gasteiger charge is 2.22. The Morgan fingerprint density at radius 2 is 1.74 bits per heavy atom. The van der Waals surface area contributed by atoms with Crippen LogP contribution in [0, 0.1) is 13.8 Å². The Bertz CT molecular complexity index is 1420.